The van der Waals surface area contributed by atoms with Crippen molar-refractivity contribution in [3.05, 3.63) is 119 Å². The largest absolute Gasteiger partial charge is 0.473 e. The van der Waals surface area contributed by atoms with Gasteiger partial charge in [-0.25, -0.2) is 23.8 Å². The first kappa shape index (κ1) is 29.8. The van der Waals surface area contributed by atoms with Gasteiger partial charge in [0.25, 0.3) is 0 Å². The number of hydrogen-bond donors (Lipinski definition) is 1. The summed E-state index contributed by atoms with van der Waals surface area (Å²) in [6.45, 7) is 0.786. The number of pyridine rings is 1. The first-order chi connectivity index (χ1) is 22.9. The van der Waals surface area contributed by atoms with Gasteiger partial charge in [0.15, 0.2) is 0 Å². The molecule has 2 aliphatic rings. The number of carbonyl (C=O) groups is 1. The molecule has 7 rings (SSSR count). The molecule has 1 unspecified atom stereocenters. The van der Waals surface area contributed by atoms with Gasteiger partial charge >= 0.3 is 5.97 Å². The average molecular weight is 633 g/mol. The van der Waals surface area contributed by atoms with E-state index in [0.717, 1.165) is 23.9 Å². The fourth-order valence-electron chi connectivity index (χ4n) is 5.67. The average Bonchev–Trinajstić information content (AvgIpc) is 3.50. The number of carbonyl (C=O) groups excluding carboxylic acids is 1. The lowest BCUT2D eigenvalue weighted by Gasteiger charge is -2.28. The maximum atomic E-state index is 14.3. The zero-order chi connectivity index (χ0) is 32.5. The molecule has 1 N–H and O–H groups in total. The van der Waals surface area contributed by atoms with Crippen molar-refractivity contribution < 1.29 is 23.8 Å². The fraction of sp³-hybridized carbons (Fsp3) is 0.235. The van der Waals surface area contributed by atoms with Gasteiger partial charge in [0.1, 0.15) is 24.5 Å². The van der Waals surface area contributed by atoms with E-state index >= 15 is 0 Å². The van der Waals surface area contributed by atoms with E-state index in [4.69, 9.17) is 19.7 Å². The third-order valence-corrected chi connectivity index (χ3v) is 8.45. The number of hydrogen-bond acceptors (Lipinski definition) is 10. The Balaban J connectivity index is 1.11. The highest BCUT2D eigenvalue weighted by Gasteiger charge is 2.46. The smallest absolute Gasteiger partial charge is 0.337 e. The van der Waals surface area contributed by atoms with Crippen LogP contribution < -0.4 is 4.74 Å². The first-order valence-electron chi connectivity index (χ1n) is 14.9. The monoisotopic (exact) mass is 632 g/mol. The van der Waals surface area contributed by atoms with Crippen molar-refractivity contribution in [1.29, 1.82) is 5.26 Å². The van der Waals surface area contributed by atoms with Gasteiger partial charge in [-0.1, -0.05) is 17.3 Å². The van der Waals surface area contributed by atoms with Crippen LogP contribution in [0.2, 0.25) is 0 Å². The van der Waals surface area contributed by atoms with Crippen LogP contribution >= 0.6 is 0 Å². The van der Waals surface area contributed by atoms with E-state index < -0.39 is 18.0 Å². The summed E-state index contributed by atoms with van der Waals surface area (Å²) in [5.74, 6) is 0.0380. The molecule has 13 heteroatoms. The minimum absolute atomic E-state index is 0.0559. The number of ether oxygens (including phenoxy) is 2. The van der Waals surface area contributed by atoms with Crippen molar-refractivity contribution in [3.63, 3.8) is 0 Å². The number of nitriles is 1. The summed E-state index contributed by atoms with van der Waals surface area (Å²) < 4.78 is 29.0. The van der Waals surface area contributed by atoms with Gasteiger partial charge in [-0.05, 0) is 61.4 Å². The highest BCUT2D eigenvalue weighted by molar-refractivity contribution is 5.93. The Morgan fingerprint density at radius 3 is 2.77 bits per heavy atom. The van der Waals surface area contributed by atoms with Crippen LogP contribution in [-0.2, 0) is 30.0 Å². The Hall–Kier alpha value is -5.87. The number of rotatable bonds is 10. The number of aliphatic hydroxyl groups excluding tert-OH is 1. The molecule has 12 nitrogen and oxygen atoms in total. The number of methoxy groups -OCH3 is 1. The number of esters is 1. The topological polar surface area (TPSA) is 144 Å². The Morgan fingerprint density at radius 2 is 2.04 bits per heavy atom. The summed E-state index contributed by atoms with van der Waals surface area (Å²) in [5.41, 5.74) is 3.46. The molecule has 2 aromatic carbocycles. The van der Waals surface area contributed by atoms with E-state index in [-0.39, 0.29) is 24.3 Å². The summed E-state index contributed by atoms with van der Waals surface area (Å²) in [5, 5.41) is 28.4. The van der Waals surface area contributed by atoms with Crippen molar-refractivity contribution in [2.45, 2.75) is 44.3 Å². The lowest BCUT2D eigenvalue weighted by atomic mass is 10.1. The fourth-order valence-corrected chi connectivity index (χ4v) is 5.67. The molecule has 236 valence electrons. The summed E-state index contributed by atoms with van der Waals surface area (Å²) in [6, 6.07) is 16.6. The van der Waals surface area contributed by atoms with Crippen LogP contribution in [-0.4, -0.2) is 58.8 Å². The number of nitrogens with zero attached hydrogens (tertiary/aromatic N) is 8. The highest BCUT2D eigenvalue weighted by Crippen LogP contribution is 2.45. The van der Waals surface area contributed by atoms with Crippen LogP contribution in [0.25, 0.3) is 16.6 Å². The molecule has 0 saturated heterocycles. The lowest BCUT2D eigenvalue weighted by Crippen LogP contribution is -2.32. The molecule has 0 radical (unpaired) electrons. The Labute approximate surface area is 268 Å². The van der Waals surface area contributed by atoms with E-state index in [0.29, 0.717) is 40.6 Å². The van der Waals surface area contributed by atoms with Gasteiger partial charge in [-0.3, -0.25) is 0 Å². The Bertz CT molecular complexity index is 2080. The Kier molecular flexibility index (Phi) is 7.71. The molecule has 4 heterocycles. The molecule has 1 saturated carbocycles. The van der Waals surface area contributed by atoms with Crippen LogP contribution in [0.15, 0.2) is 85.3 Å². The third-order valence-electron chi connectivity index (χ3n) is 8.45. The molecule has 1 aliphatic heterocycles. The zero-order valence-electron chi connectivity index (χ0n) is 25.3. The summed E-state index contributed by atoms with van der Waals surface area (Å²) in [6.07, 6.45) is 9.69. The molecule has 1 fully saturated rings. The van der Waals surface area contributed by atoms with Gasteiger partial charge in [0, 0.05) is 36.1 Å². The van der Waals surface area contributed by atoms with E-state index in [1.165, 1.54) is 25.3 Å². The van der Waals surface area contributed by atoms with Gasteiger partial charge < -0.3 is 24.0 Å². The van der Waals surface area contributed by atoms with Crippen LogP contribution in [0, 0.1) is 17.1 Å². The predicted octanol–water partition coefficient (Wildman–Crippen LogP) is 4.32. The third kappa shape index (κ3) is 5.94. The van der Waals surface area contributed by atoms with Crippen molar-refractivity contribution in [2.75, 3.05) is 7.11 Å². The van der Waals surface area contributed by atoms with E-state index in [2.05, 4.69) is 19.9 Å². The maximum absolute atomic E-state index is 14.3. The summed E-state index contributed by atoms with van der Waals surface area (Å²) >= 11 is 0. The summed E-state index contributed by atoms with van der Waals surface area (Å²) in [4.78, 5) is 23.6. The number of benzene rings is 2. The van der Waals surface area contributed by atoms with Crippen molar-refractivity contribution in [2.24, 2.45) is 0 Å². The van der Waals surface area contributed by atoms with Crippen molar-refractivity contribution in [1.82, 2.24) is 34.4 Å². The quantitative estimate of drug-likeness (QED) is 0.221. The van der Waals surface area contributed by atoms with Crippen LogP contribution in [0.3, 0.4) is 0 Å². The van der Waals surface area contributed by atoms with Gasteiger partial charge in [0.05, 0.1) is 59.3 Å². The number of allylic oxidation sites excluding steroid dienone is 2. The zero-order valence-corrected chi connectivity index (χ0v) is 25.3. The molecule has 0 amide bonds. The molecule has 1 atom stereocenters. The van der Waals surface area contributed by atoms with E-state index in [1.54, 1.807) is 59.8 Å². The first-order valence-corrected chi connectivity index (χ1v) is 14.9. The minimum Gasteiger partial charge on any atom is -0.473 e. The van der Waals surface area contributed by atoms with Gasteiger partial charge in [0.2, 0.25) is 5.88 Å². The SMILES string of the molecule is COC(=O)c1ccc2nc(CN3C=CC(c4cccc(OCc5ccc(C#N)cc5F)n4)=CC3O)n(CC3(n4ccnn4)CC3)c2c1. The molecule has 5 aromatic rings. The lowest BCUT2D eigenvalue weighted by molar-refractivity contribution is 0.0600. The van der Waals surface area contributed by atoms with Crippen molar-refractivity contribution in [3.8, 4) is 11.9 Å². The normalized spacial score (nSPS) is 16.5. The molecular weight excluding hydrogens is 603 g/mol. The molecule has 1 aliphatic carbocycles. The standard InChI is InChI=1S/C34H29FN8O4/c1-46-33(45)24-7-8-28-29(16-24)42(21-34(10-11-34)43-14-12-37-40-43)30(38-28)19-41-13-9-23(17-32(41)44)27-3-2-4-31(39-27)47-20-25-6-5-22(18-36)15-26(25)35/h2-9,12-17,32,44H,10-11,19-21H2,1H3. The number of halogens is 1. The number of fused-ring (bicyclic) bond motifs is 1. The molecule has 3 aromatic heterocycles. The van der Waals surface area contributed by atoms with Gasteiger partial charge in [-0.2, -0.15) is 5.26 Å². The molecule has 47 heavy (non-hydrogen) atoms. The molecule has 0 spiro atoms. The van der Waals surface area contributed by atoms with E-state index in [9.17, 15) is 14.3 Å². The second-order valence-corrected chi connectivity index (χ2v) is 11.5. The van der Waals surface area contributed by atoms with Crippen LogP contribution in [0.1, 0.15) is 45.8 Å². The van der Waals surface area contributed by atoms with Crippen LogP contribution in [0.4, 0.5) is 4.39 Å². The summed E-state index contributed by atoms with van der Waals surface area (Å²) in [7, 11) is 1.35. The Morgan fingerprint density at radius 1 is 1.17 bits per heavy atom. The number of imidazole rings is 1. The maximum Gasteiger partial charge on any atom is 0.337 e. The number of aliphatic hydroxyl groups is 1. The highest BCUT2D eigenvalue weighted by atomic mass is 19.1. The molecule has 0 bridgehead atoms. The minimum atomic E-state index is -0.988. The van der Waals surface area contributed by atoms with Crippen LogP contribution in [0.5, 0.6) is 5.88 Å². The molecular formula is C34H29FN8O4. The predicted molar refractivity (Wildman–Crippen MR) is 167 cm³/mol. The number of aromatic nitrogens is 6. The second kappa shape index (κ2) is 12.1. The van der Waals surface area contributed by atoms with Gasteiger partial charge in [-0.15, -0.1) is 5.10 Å². The van der Waals surface area contributed by atoms with E-state index in [1.807, 2.05) is 23.0 Å². The van der Waals surface area contributed by atoms with Crippen molar-refractivity contribution >= 4 is 22.6 Å². The second-order valence-electron chi connectivity index (χ2n) is 11.5.